The number of benzene rings is 2. The quantitative estimate of drug-likeness (QED) is 0.454. The molecule has 1 aliphatic rings. The van der Waals surface area contributed by atoms with Crippen LogP contribution in [0, 0.1) is 17.2 Å². The maximum absolute atomic E-state index is 9.77. The van der Waals surface area contributed by atoms with Crippen molar-refractivity contribution in [1.29, 1.82) is 5.26 Å². The van der Waals surface area contributed by atoms with Gasteiger partial charge in [0.1, 0.15) is 17.0 Å². The van der Waals surface area contributed by atoms with Crippen molar-refractivity contribution >= 4 is 22.8 Å². The van der Waals surface area contributed by atoms with E-state index in [2.05, 4.69) is 41.0 Å². The Hall–Kier alpha value is -2.49. The van der Waals surface area contributed by atoms with E-state index in [0.29, 0.717) is 5.92 Å². The van der Waals surface area contributed by atoms with Crippen LogP contribution in [0.1, 0.15) is 38.1 Å². The smallest absolute Gasteiger partial charge is 0.129 e. The Morgan fingerprint density at radius 1 is 1.19 bits per heavy atom. The average molecular weight is 436 g/mol. The van der Waals surface area contributed by atoms with Crippen LogP contribution in [0.3, 0.4) is 0 Å². The standard InChI is InChI=1S/C25H29N3O2S/c1-25(2,17-26)24-27-22-14-21(31-16-19-4-6-20(29-3)7-5-19)8-9-23(22)28(24)15-18-10-12-30-13-11-18/h4-9,14,18H,10-13,15-16H2,1-3H3. The lowest BCUT2D eigenvalue weighted by molar-refractivity contribution is 0.0612. The zero-order valence-corrected chi connectivity index (χ0v) is 19.2. The Kier molecular flexibility index (Phi) is 6.54. The predicted octanol–water partition coefficient (Wildman–Crippen LogP) is 5.56. The van der Waals surface area contributed by atoms with E-state index < -0.39 is 5.41 Å². The summed E-state index contributed by atoms with van der Waals surface area (Å²) in [6.45, 7) is 6.43. The number of nitrogens with zero attached hydrogens (tertiary/aromatic N) is 3. The van der Waals surface area contributed by atoms with Crippen LogP contribution in [0.2, 0.25) is 0 Å². The van der Waals surface area contributed by atoms with Crippen LogP contribution >= 0.6 is 11.8 Å². The number of hydrogen-bond donors (Lipinski definition) is 0. The molecule has 0 spiro atoms. The van der Waals surface area contributed by atoms with Gasteiger partial charge in [0.05, 0.1) is 24.2 Å². The third-order valence-corrected chi connectivity index (χ3v) is 6.97. The second kappa shape index (κ2) is 9.33. The van der Waals surface area contributed by atoms with Crippen LogP contribution in [0.4, 0.5) is 0 Å². The van der Waals surface area contributed by atoms with E-state index in [1.54, 1.807) is 18.9 Å². The summed E-state index contributed by atoms with van der Waals surface area (Å²) in [5.41, 5.74) is 2.69. The minimum absolute atomic E-state index is 0.559. The lowest BCUT2D eigenvalue weighted by Crippen LogP contribution is -2.26. The third kappa shape index (κ3) is 4.89. The first-order valence-electron chi connectivity index (χ1n) is 10.8. The van der Waals surface area contributed by atoms with Gasteiger partial charge in [-0.3, -0.25) is 0 Å². The summed E-state index contributed by atoms with van der Waals surface area (Å²) in [7, 11) is 1.68. The van der Waals surface area contributed by atoms with Crippen molar-refractivity contribution in [3.8, 4) is 11.8 Å². The fourth-order valence-electron chi connectivity index (χ4n) is 3.99. The van der Waals surface area contributed by atoms with Crippen LogP contribution in [-0.2, 0) is 22.4 Å². The summed E-state index contributed by atoms with van der Waals surface area (Å²) < 4.78 is 13.0. The number of imidazole rings is 1. The van der Waals surface area contributed by atoms with Crippen molar-refractivity contribution in [2.45, 2.75) is 49.3 Å². The molecule has 0 radical (unpaired) electrons. The van der Waals surface area contributed by atoms with Crippen LogP contribution < -0.4 is 4.74 Å². The first-order valence-corrected chi connectivity index (χ1v) is 11.7. The van der Waals surface area contributed by atoms with Gasteiger partial charge in [-0.2, -0.15) is 5.26 Å². The number of hydrogen-bond acceptors (Lipinski definition) is 5. The number of rotatable bonds is 7. The summed E-state index contributed by atoms with van der Waals surface area (Å²) in [4.78, 5) is 6.12. The SMILES string of the molecule is COc1ccc(CSc2ccc3c(c2)nc(C(C)(C)C#N)n3CC2CCOCC2)cc1. The number of aromatic nitrogens is 2. The molecule has 0 unspecified atom stereocenters. The van der Waals surface area contributed by atoms with E-state index in [-0.39, 0.29) is 0 Å². The Labute approximate surface area is 188 Å². The predicted molar refractivity (Wildman–Crippen MR) is 124 cm³/mol. The number of ether oxygens (including phenoxy) is 2. The molecule has 31 heavy (non-hydrogen) atoms. The summed E-state index contributed by atoms with van der Waals surface area (Å²) >= 11 is 1.79. The molecular formula is C25H29N3O2S. The molecule has 1 aliphatic heterocycles. The van der Waals surface area contributed by atoms with Crippen LogP contribution in [0.5, 0.6) is 5.75 Å². The Morgan fingerprint density at radius 2 is 1.94 bits per heavy atom. The van der Waals surface area contributed by atoms with Gasteiger partial charge in [0.2, 0.25) is 0 Å². The second-order valence-corrected chi connectivity index (χ2v) is 9.67. The molecule has 0 bridgehead atoms. The molecule has 4 rings (SSSR count). The van der Waals surface area contributed by atoms with Gasteiger partial charge < -0.3 is 14.0 Å². The average Bonchev–Trinajstić information content (AvgIpc) is 3.17. The van der Waals surface area contributed by atoms with Crippen LogP contribution in [-0.4, -0.2) is 29.9 Å². The topological polar surface area (TPSA) is 60.1 Å². The zero-order valence-electron chi connectivity index (χ0n) is 18.4. The van der Waals surface area contributed by atoms with Crippen molar-refractivity contribution < 1.29 is 9.47 Å². The molecule has 0 saturated carbocycles. The van der Waals surface area contributed by atoms with Crippen molar-refractivity contribution in [3.05, 3.63) is 53.9 Å². The summed E-state index contributed by atoms with van der Waals surface area (Å²) in [6.07, 6.45) is 2.11. The molecule has 0 aliphatic carbocycles. The van der Waals surface area contributed by atoms with Crippen LogP contribution in [0.25, 0.3) is 11.0 Å². The van der Waals surface area contributed by atoms with Gasteiger partial charge in [0.25, 0.3) is 0 Å². The van der Waals surface area contributed by atoms with E-state index in [1.807, 2.05) is 26.0 Å². The molecule has 1 fully saturated rings. The number of nitriles is 1. The molecule has 1 aromatic heterocycles. The molecule has 2 heterocycles. The normalized spacial score (nSPS) is 15.2. The fourth-order valence-corrected chi connectivity index (χ4v) is 4.87. The number of fused-ring (bicyclic) bond motifs is 1. The molecule has 0 atom stereocenters. The largest absolute Gasteiger partial charge is 0.497 e. The molecule has 2 aromatic carbocycles. The highest BCUT2D eigenvalue weighted by molar-refractivity contribution is 7.98. The molecule has 1 saturated heterocycles. The zero-order chi connectivity index (χ0) is 21.8. The summed E-state index contributed by atoms with van der Waals surface area (Å²) in [6, 6.07) is 17.1. The van der Waals surface area contributed by atoms with Crippen molar-refractivity contribution in [1.82, 2.24) is 9.55 Å². The Bertz CT molecular complexity index is 1080. The highest BCUT2D eigenvalue weighted by Crippen LogP contribution is 2.32. The van der Waals surface area contributed by atoms with Gasteiger partial charge in [-0.15, -0.1) is 11.8 Å². The fraction of sp³-hybridized carbons (Fsp3) is 0.440. The number of thioether (sulfide) groups is 1. The minimum Gasteiger partial charge on any atom is -0.497 e. The Balaban J connectivity index is 1.60. The number of methoxy groups -OCH3 is 1. The van der Waals surface area contributed by atoms with Gasteiger partial charge in [-0.05, 0) is 68.5 Å². The molecule has 0 N–H and O–H groups in total. The molecule has 162 valence electrons. The highest BCUT2D eigenvalue weighted by atomic mass is 32.2. The molecular weight excluding hydrogens is 406 g/mol. The monoisotopic (exact) mass is 435 g/mol. The Morgan fingerprint density at radius 3 is 2.61 bits per heavy atom. The van der Waals surface area contributed by atoms with Crippen LogP contribution in [0.15, 0.2) is 47.4 Å². The molecule has 5 nitrogen and oxygen atoms in total. The molecule has 6 heteroatoms. The second-order valence-electron chi connectivity index (χ2n) is 8.63. The summed E-state index contributed by atoms with van der Waals surface area (Å²) in [5.74, 6) is 3.17. The van der Waals surface area contributed by atoms with Gasteiger partial charge >= 0.3 is 0 Å². The first kappa shape index (κ1) is 21.7. The third-order valence-electron chi connectivity index (χ3n) is 5.90. The van der Waals surface area contributed by atoms with E-state index in [1.165, 1.54) is 10.5 Å². The van der Waals surface area contributed by atoms with Crippen molar-refractivity contribution in [3.63, 3.8) is 0 Å². The van der Waals surface area contributed by atoms with Gasteiger partial charge in [0.15, 0.2) is 0 Å². The summed E-state index contributed by atoms with van der Waals surface area (Å²) in [5, 5.41) is 9.77. The highest BCUT2D eigenvalue weighted by Gasteiger charge is 2.29. The van der Waals surface area contributed by atoms with Gasteiger partial charge in [0, 0.05) is 30.4 Å². The van der Waals surface area contributed by atoms with E-state index in [9.17, 15) is 5.26 Å². The maximum Gasteiger partial charge on any atom is 0.129 e. The lowest BCUT2D eigenvalue weighted by Gasteiger charge is -2.25. The maximum atomic E-state index is 9.77. The molecule has 0 amide bonds. The van der Waals surface area contributed by atoms with E-state index in [0.717, 1.165) is 61.0 Å². The van der Waals surface area contributed by atoms with Crippen molar-refractivity contribution in [2.24, 2.45) is 5.92 Å². The molecule has 3 aromatic rings. The lowest BCUT2D eigenvalue weighted by atomic mass is 9.93. The van der Waals surface area contributed by atoms with Gasteiger partial charge in [-0.25, -0.2) is 4.98 Å². The van der Waals surface area contributed by atoms with Crippen molar-refractivity contribution in [2.75, 3.05) is 20.3 Å². The first-order chi connectivity index (χ1) is 15.0. The van der Waals surface area contributed by atoms with Gasteiger partial charge in [-0.1, -0.05) is 12.1 Å². The van der Waals surface area contributed by atoms with E-state index >= 15 is 0 Å². The van der Waals surface area contributed by atoms with E-state index in [4.69, 9.17) is 14.5 Å². The minimum atomic E-state index is -0.638.